The molecule has 0 aliphatic heterocycles. The van der Waals surface area contributed by atoms with Gasteiger partial charge in [0.05, 0.1) is 26.4 Å². The molecule has 0 spiro atoms. The lowest BCUT2D eigenvalue weighted by atomic mass is 10.0. The van der Waals surface area contributed by atoms with Crippen LogP contribution in [0, 0.1) is 5.82 Å². The van der Waals surface area contributed by atoms with Crippen molar-refractivity contribution in [2.75, 3.05) is 14.2 Å². The first kappa shape index (κ1) is 14.7. The Labute approximate surface area is 106 Å². The number of hydrogen-bond acceptors (Lipinski definition) is 4. The summed E-state index contributed by atoms with van der Waals surface area (Å²) < 4.78 is 23.8. The van der Waals surface area contributed by atoms with Crippen LogP contribution in [0.5, 0.6) is 11.5 Å². The molecule has 2 atom stereocenters. The van der Waals surface area contributed by atoms with Gasteiger partial charge in [0.1, 0.15) is 5.82 Å². The molecule has 5 heteroatoms. The minimum absolute atomic E-state index is 0.282. The van der Waals surface area contributed by atoms with Crippen LogP contribution >= 0.6 is 0 Å². The van der Waals surface area contributed by atoms with Crippen molar-refractivity contribution in [2.24, 2.45) is 0 Å². The minimum atomic E-state index is -0.863. The molecule has 0 aliphatic rings. The zero-order valence-electron chi connectivity index (χ0n) is 10.8. The molecule has 0 bridgehead atoms. The molecule has 1 aromatic rings. The van der Waals surface area contributed by atoms with Crippen molar-refractivity contribution in [1.29, 1.82) is 0 Å². The largest absolute Gasteiger partial charge is 0.493 e. The van der Waals surface area contributed by atoms with E-state index in [9.17, 15) is 9.50 Å². The van der Waals surface area contributed by atoms with Gasteiger partial charge in [0.15, 0.2) is 11.5 Å². The highest BCUT2D eigenvalue weighted by Gasteiger charge is 2.15. The van der Waals surface area contributed by atoms with Crippen LogP contribution < -0.4 is 9.47 Å². The Hall–Kier alpha value is -1.33. The van der Waals surface area contributed by atoms with Crippen LogP contribution in [0.4, 0.5) is 4.39 Å². The number of aliphatic hydroxyl groups excluding tert-OH is 2. The van der Waals surface area contributed by atoms with E-state index in [1.807, 2.05) is 0 Å². The van der Waals surface area contributed by atoms with Gasteiger partial charge in [-0.2, -0.15) is 0 Å². The standard InChI is InChI=1S/C13H19FO4/c1-8(15)11(16)5-4-9-6-12(17-2)13(18-3)7-10(9)14/h6-8,11,15-16H,4-5H2,1-3H3. The Morgan fingerprint density at radius 3 is 2.22 bits per heavy atom. The van der Waals surface area contributed by atoms with Crippen LogP contribution in [-0.4, -0.2) is 36.6 Å². The number of hydrogen-bond donors (Lipinski definition) is 2. The predicted octanol–water partition coefficient (Wildman–Crippen LogP) is 1.52. The fourth-order valence-electron chi connectivity index (χ4n) is 1.63. The molecule has 0 aliphatic carbocycles. The number of halogens is 1. The van der Waals surface area contributed by atoms with E-state index in [0.717, 1.165) is 0 Å². The molecule has 102 valence electrons. The van der Waals surface area contributed by atoms with Crippen LogP contribution in [0.15, 0.2) is 12.1 Å². The highest BCUT2D eigenvalue weighted by molar-refractivity contribution is 5.43. The molecule has 1 aromatic carbocycles. The summed E-state index contributed by atoms with van der Waals surface area (Å²) in [4.78, 5) is 0. The molecule has 18 heavy (non-hydrogen) atoms. The molecule has 0 heterocycles. The molecule has 0 aromatic heterocycles. The first-order valence-corrected chi connectivity index (χ1v) is 5.76. The van der Waals surface area contributed by atoms with Gasteiger partial charge in [0.25, 0.3) is 0 Å². The number of rotatable bonds is 6. The normalized spacial score (nSPS) is 14.1. The topological polar surface area (TPSA) is 58.9 Å². The Morgan fingerprint density at radius 2 is 1.72 bits per heavy atom. The number of benzene rings is 1. The van der Waals surface area contributed by atoms with Gasteiger partial charge in [-0.05, 0) is 31.4 Å². The van der Waals surface area contributed by atoms with E-state index in [0.29, 0.717) is 23.5 Å². The highest BCUT2D eigenvalue weighted by Crippen LogP contribution is 2.30. The van der Waals surface area contributed by atoms with Crippen LogP contribution in [0.3, 0.4) is 0 Å². The van der Waals surface area contributed by atoms with Gasteiger partial charge >= 0.3 is 0 Å². The molecule has 2 unspecified atom stereocenters. The molecule has 2 N–H and O–H groups in total. The van der Waals surface area contributed by atoms with E-state index < -0.39 is 18.0 Å². The van der Waals surface area contributed by atoms with E-state index in [-0.39, 0.29) is 6.42 Å². The fourth-order valence-corrected chi connectivity index (χ4v) is 1.63. The summed E-state index contributed by atoms with van der Waals surface area (Å²) in [5.41, 5.74) is 0.423. The first-order valence-electron chi connectivity index (χ1n) is 5.76. The number of methoxy groups -OCH3 is 2. The predicted molar refractivity (Wildman–Crippen MR) is 65.5 cm³/mol. The first-order chi connectivity index (χ1) is 8.49. The molecular formula is C13H19FO4. The Bertz CT molecular complexity index is 393. The molecule has 1 rings (SSSR count). The van der Waals surface area contributed by atoms with Gasteiger partial charge < -0.3 is 19.7 Å². The molecular weight excluding hydrogens is 239 g/mol. The minimum Gasteiger partial charge on any atom is -0.493 e. The van der Waals surface area contributed by atoms with Crippen LogP contribution in [0.2, 0.25) is 0 Å². The van der Waals surface area contributed by atoms with Gasteiger partial charge in [-0.3, -0.25) is 0 Å². The van der Waals surface area contributed by atoms with Crippen molar-refractivity contribution >= 4 is 0 Å². The second kappa shape index (κ2) is 6.56. The summed E-state index contributed by atoms with van der Waals surface area (Å²) in [5, 5.41) is 18.6. The average Bonchev–Trinajstić information content (AvgIpc) is 2.36. The summed E-state index contributed by atoms with van der Waals surface area (Å²) in [6, 6.07) is 2.80. The maximum atomic E-state index is 13.7. The van der Waals surface area contributed by atoms with E-state index in [1.54, 1.807) is 6.07 Å². The number of aliphatic hydroxyl groups is 2. The summed E-state index contributed by atoms with van der Waals surface area (Å²) in [6.07, 6.45) is -1.09. The Morgan fingerprint density at radius 1 is 1.17 bits per heavy atom. The van der Waals surface area contributed by atoms with Crippen LogP contribution in [0.25, 0.3) is 0 Å². The van der Waals surface area contributed by atoms with Gasteiger partial charge in [0.2, 0.25) is 0 Å². The van der Waals surface area contributed by atoms with Crippen LogP contribution in [-0.2, 0) is 6.42 Å². The van der Waals surface area contributed by atoms with Crippen molar-refractivity contribution in [1.82, 2.24) is 0 Å². The number of ether oxygens (including phenoxy) is 2. The zero-order valence-corrected chi connectivity index (χ0v) is 10.8. The maximum Gasteiger partial charge on any atom is 0.163 e. The van der Waals surface area contributed by atoms with Gasteiger partial charge in [-0.1, -0.05) is 0 Å². The van der Waals surface area contributed by atoms with Gasteiger partial charge in [-0.15, -0.1) is 0 Å². The Balaban J connectivity index is 2.83. The maximum absolute atomic E-state index is 13.7. The summed E-state index contributed by atoms with van der Waals surface area (Å²) in [6.45, 7) is 1.50. The third-order valence-corrected chi connectivity index (χ3v) is 2.82. The quantitative estimate of drug-likeness (QED) is 0.812. The molecule has 0 fully saturated rings. The summed E-state index contributed by atoms with van der Waals surface area (Å²) >= 11 is 0. The summed E-state index contributed by atoms with van der Waals surface area (Å²) in [5.74, 6) is 0.362. The van der Waals surface area contributed by atoms with Gasteiger partial charge in [0, 0.05) is 6.07 Å². The third kappa shape index (κ3) is 3.58. The molecule has 0 radical (unpaired) electrons. The smallest absolute Gasteiger partial charge is 0.163 e. The van der Waals surface area contributed by atoms with Crippen molar-refractivity contribution in [3.63, 3.8) is 0 Å². The molecule has 0 saturated carbocycles. The van der Waals surface area contributed by atoms with Crippen LogP contribution in [0.1, 0.15) is 18.9 Å². The highest BCUT2D eigenvalue weighted by atomic mass is 19.1. The Kier molecular flexibility index (Phi) is 5.37. The summed E-state index contributed by atoms with van der Waals surface area (Å²) in [7, 11) is 2.92. The fraction of sp³-hybridized carbons (Fsp3) is 0.538. The number of aryl methyl sites for hydroxylation is 1. The SMILES string of the molecule is COc1cc(F)c(CCC(O)C(C)O)cc1OC. The second-order valence-electron chi connectivity index (χ2n) is 4.15. The monoisotopic (exact) mass is 258 g/mol. The van der Waals surface area contributed by atoms with Gasteiger partial charge in [-0.25, -0.2) is 4.39 Å². The van der Waals surface area contributed by atoms with E-state index in [1.165, 1.54) is 27.2 Å². The van der Waals surface area contributed by atoms with Crippen molar-refractivity contribution in [3.05, 3.63) is 23.5 Å². The molecule has 0 amide bonds. The molecule has 0 saturated heterocycles. The van der Waals surface area contributed by atoms with Crippen molar-refractivity contribution in [3.8, 4) is 11.5 Å². The van der Waals surface area contributed by atoms with Crippen molar-refractivity contribution < 1.29 is 24.1 Å². The zero-order chi connectivity index (χ0) is 13.7. The van der Waals surface area contributed by atoms with E-state index >= 15 is 0 Å². The second-order valence-corrected chi connectivity index (χ2v) is 4.15. The van der Waals surface area contributed by atoms with E-state index in [2.05, 4.69) is 0 Å². The van der Waals surface area contributed by atoms with Crippen molar-refractivity contribution in [2.45, 2.75) is 32.0 Å². The lowest BCUT2D eigenvalue weighted by Gasteiger charge is -2.15. The lowest BCUT2D eigenvalue weighted by Crippen LogP contribution is -2.23. The third-order valence-electron chi connectivity index (χ3n) is 2.82. The van der Waals surface area contributed by atoms with E-state index in [4.69, 9.17) is 14.6 Å². The molecule has 4 nitrogen and oxygen atoms in total. The average molecular weight is 258 g/mol. The lowest BCUT2D eigenvalue weighted by molar-refractivity contribution is 0.0264.